The normalized spacial score (nSPS) is 19.9. The van der Waals surface area contributed by atoms with Gasteiger partial charge in [0.2, 0.25) is 5.91 Å². The van der Waals surface area contributed by atoms with E-state index >= 15 is 0 Å². The van der Waals surface area contributed by atoms with Crippen molar-refractivity contribution in [3.63, 3.8) is 0 Å². The minimum Gasteiger partial charge on any atom is -0.481 e. The Morgan fingerprint density at radius 1 is 1.29 bits per heavy atom. The second-order valence-corrected chi connectivity index (χ2v) is 7.07. The number of carboxylic acids is 1. The molecule has 1 aromatic carbocycles. The Kier molecular flexibility index (Phi) is 6.79. The summed E-state index contributed by atoms with van der Waals surface area (Å²) in [5.41, 5.74) is 1.11. The summed E-state index contributed by atoms with van der Waals surface area (Å²) in [6, 6.07) is 10.0. The van der Waals surface area contributed by atoms with Crippen LogP contribution in [0.25, 0.3) is 0 Å². The van der Waals surface area contributed by atoms with Gasteiger partial charge in [0.15, 0.2) is 0 Å². The molecular formula is C19H28N2O3. The van der Waals surface area contributed by atoms with Crippen molar-refractivity contribution in [2.45, 2.75) is 39.2 Å². The molecule has 0 saturated carbocycles. The maximum atomic E-state index is 12.5. The van der Waals surface area contributed by atoms with Gasteiger partial charge in [0.25, 0.3) is 0 Å². The zero-order valence-electron chi connectivity index (χ0n) is 14.6. The summed E-state index contributed by atoms with van der Waals surface area (Å²) in [6.45, 7) is 5.81. The van der Waals surface area contributed by atoms with Gasteiger partial charge in [-0.15, -0.1) is 0 Å². The van der Waals surface area contributed by atoms with Gasteiger partial charge >= 0.3 is 5.97 Å². The zero-order chi connectivity index (χ0) is 17.5. The fourth-order valence-electron chi connectivity index (χ4n) is 3.28. The Morgan fingerprint density at radius 2 is 2.00 bits per heavy atom. The van der Waals surface area contributed by atoms with Crippen LogP contribution in [-0.4, -0.2) is 41.5 Å². The number of nitrogens with one attached hydrogen (secondary N) is 1. The van der Waals surface area contributed by atoms with Crippen LogP contribution < -0.4 is 5.32 Å². The van der Waals surface area contributed by atoms with Gasteiger partial charge in [0.05, 0.1) is 18.5 Å². The van der Waals surface area contributed by atoms with Gasteiger partial charge in [0.1, 0.15) is 0 Å². The van der Waals surface area contributed by atoms with E-state index in [0.717, 1.165) is 24.9 Å². The third-order valence-electron chi connectivity index (χ3n) is 4.47. The summed E-state index contributed by atoms with van der Waals surface area (Å²) >= 11 is 0. The lowest BCUT2D eigenvalue weighted by molar-refractivity contribution is -0.144. The quantitative estimate of drug-likeness (QED) is 0.805. The van der Waals surface area contributed by atoms with Crippen molar-refractivity contribution in [2.75, 3.05) is 19.6 Å². The van der Waals surface area contributed by atoms with E-state index < -0.39 is 5.97 Å². The molecule has 1 amide bonds. The predicted octanol–water partition coefficient (Wildman–Crippen LogP) is 2.69. The molecular weight excluding hydrogens is 304 g/mol. The van der Waals surface area contributed by atoms with Crippen LogP contribution in [0.2, 0.25) is 0 Å². The molecule has 0 spiro atoms. The first-order chi connectivity index (χ1) is 11.5. The smallest absolute Gasteiger partial charge is 0.307 e. The summed E-state index contributed by atoms with van der Waals surface area (Å²) in [7, 11) is 0. The van der Waals surface area contributed by atoms with Gasteiger partial charge in [-0.3, -0.25) is 14.5 Å². The fraction of sp³-hybridized carbons (Fsp3) is 0.579. The Bertz CT molecular complexity index is 545. The summed E-state index contributed by atoms with van der Waals surface area (Å²) in [5, 5.41) is 12.3. The predicted molar refractivity (Wildman–Crippen MR) is 93.6 cm³/mol. The standard InChI is InChI=1S/C19H28N2O3/c1-14(2)11-17(15-7-4-3-5-8-15)20-18(22)13-21-10-6-9-16(12-21)19(23)24/h3-5,7-8,14,16-17H,6,9-13H2,1-2H3,(H,20,22)(H,23,24). The minimum absolute atomic E-state index is 0.00115. The van der Waals surface area contributed by atoms with Crippen LogP contribution in [-0.2, 0) is 9.59 Å². The molecule has 132 valence electrons. The van der Waals surface area contributed by atoms with Crippen LogP contribution in [0.15, 0.2) is 30.3 Å². The average Bonchev–Trinajstić information content (AvgIpc) is 2.55. The molecule has 0 aromatic heterocycles. The van der Waals surface area contributed by atoms with Crippen molar-refractivity contribution in [3.8, 4) is 0 Å². The second-order valence-electron chi connectivity index (χ2n) is 7.07. The van der Waals surface area contributed by atoms with E-state index in [-0.39, 0.29) is 24.4 Å². The molecule has 0 aliphatic carbocycles. The molecule has 1 heterocycles. The summed E-state index contributed by atoms with van der Waals surface area (Å²) in [6.07, 6.45) is 2.42. The Labute approximate surface area is 144 Å². The summed E-state index contributed by atoms with van der Waals surface area (Å²) in [5.74, 6) is -0.674. The van der Waals surface area contributed by atoms with Gasteiger partial charge in [-0.25, -0.2) is 0 Å². The number of benzene rings is 1. The third-order valence-corrected chi connectivity index (χ3v) is 4.47. The third kappa shape index (κ3) is 5.64. The van der Waals surface area contributed by atoms with Crippen LogP contribution in [0, 0.1) is 11.8 Å². The first kappa shape index (κ1) is 18.5. The van der Waals surface area contributed by atoms with Crippen molar-refractivity contribution in [2.24, 2.45) is 11.8 Å². The largest absolute Gasteiger partial charge is 0.481 e. The Balaban J connectivity index is 1.94. The molecule has 1 saturated heterocycles. The molecule has 1 aliphatic rings. The van der Waals surface area contributed by atoms with Crippen LogP contribution in [0.4, 0.5) is 0 Å². The lowest BCUT2D eigenvalue weighted by atomic mass is 9.96. The maximum absolute atomic E-state index is 12.5. The Hall–Kier alpha value is -1.88. The van der Waals surface area contributed by atoms with E-state index in [1.165, 1.54) is 0 Å². The van der Waals surface area contributed by atoms with Crippen molar-refractivity contribution in [1.29, 1.82) is 0 Å². The van der Waals surface area contributed by atoms with E-state index in [4.69, 9.17) is 5.11 Å². The number of hydrogen-bond donors (Lipinski definition) is 2. The van der Waals surface area contributed by atoms with Crippen molar-refractivity contribution < 1.29 is 14.7 Å². The van der Waals surface area contributed by atoms with E-state index in [2.05, 4.69) is 19.2 Å². The molecule has 2 atom stereocenters. The number of hydrogen-bond acceptors (Lipinski definition) is 3. The maximum Gasteiger partial charge on any atom is 0.307 e. The number of carboxylic acid groups (broad SMARTS) is 1. The number of aliphatic carboxylic acids is 1. The average molecular weight is 332 g/mol. The molecule has 1 aliphatic heterocycles. The molecule has 5 heteroatoms. The topological polar surface area (TPSA) is 69.6 Å². The molecule has 5 nitrogen and oxygen atoms in total. The number of rotatable bonds is 7. The summed E-state index contributed by atoms with van der Waals surface area (Å²) in [4.78, 5) is 25.5. The van der Waals surface area contributed by atoms with Crippen LogP contribution in [0.5, 0.6) is 0 Å². The highest BCUT2D eigenvalue weighted by Gasteiger charge is 2.27. The van der Waals surface area contributed by atoms with E-state index in [1.807, 2.05) is 35.2 Å². The van der Waals surface area contributed by atoms with Crippen LogP contribution in [0.1, 0.15) is 44.7 Å². The summed E-state index contributed by atoms with van der Waals surface area (Å²) < 4.78 is 0. The van der Waals surface area contributed by atoms with Gasteiger partial charge < -0.3 is 10.4 Å². The SMILES string of the molecule is CC(C)CC(NC(=O)CN1CCCC(C(=O)O)C1)c1ccccc1. The first-order valence-corrected chi connectivity index (χ1v) is 8.75. The highest BCUT2D eigenvalue weighted by molar-refractivity contribution is 5.78. The number of carbonyl (C=O) groups is 2. The van der Waals surface area contributed by atoms with Crippen molar-refractivity contribution >= 4 is 11.9 Å². The monoisotopic (exact) mass is 332 g/mol. The lowest BCUT2D eigenvalue weighted by Gasteiger charge is -2.30. The molecule has 2 N–H and O–H groups in total. The van der Waals surface area contributed by atoms with E-state index in [1.54, 1.807) is 0 Å². The van der Waals surface area contributed by atoms with E-state index in [9.17, 15) is 9.59 Å². The van der Waals surface area contributed by atoms with Crippen LogP contribution in [0.3, 0.4) is 0 Å². The fourth-order valence-corrected chi connectivity index (χ4v) is 3.28. The molecule has 0 radical (unpaired) electrons. The van der Waals surface area contributed by atoms with Gasteiger partial charge in [-0.1, -0.05) is 44.2 Å². The number of piperidine rings is 1. The van der Waals surface area contributed by atoms with Gasteiger partial charge in [0, 0.05) is 6.54 Å². The first-order valence-electron chi connectivity index (χ1n) is 8.75. The van der Waals surface area contributed by atoms with Gasteiger partial charge in [-0.2, -0.15) is 0 Å². The highest BCUT2D eigenvalue weighted by atomic mass is 16.4. The van der Waals surface area contributed by atoms with Crippen molar-refractivity contribution in [3.05, 3.63) is 35.9 Å². The van der Waals surface area contributed by atoms with Crippen molar-refractivity contribution in [1.82, 2.24) is 10.2 Å². The molecule has 24 heavy (non-hydrogen) atoms. The molecule has 2 unspecified atom stereocenters. The minimum atomic E-state index is -0.762. The van der Waals surface area contributed by atoms with Gasteiger partial charge in [-0.05, 0) is 37.3 Å². The zero-order valence-corrected chi connectivity index (χ0v) is 14.6. The molecule has 1 aromatic rings. The lowest BCUT2D eigenvalue weighted by Crippen LogP contribution is -2.45. The molecule has 2 rings (SSSR count). The number of amides is 1. The number of nitrogens with zero attached hydrogens (tertiary/aromatic N) is 1. The Morgan fingerprint density at radius 3 is 2.62 bits per heavy atom. The number of likely N-dealkylation sites (tertiary alicyclic amines) is 1. The number of carbonyl (C=O) groups excluding carboxylic acids is 1. The highest BCUT2D eigenvalue weighted by Crippen LogP contribution is 2.21. The van der Waals surface area contributed by atoms with E-state index in [0.29, 0.717) is 18.9 Å². The molecule has 1 fully saturated rings. The molecule has 0 bridgehead atoms. The van der Waals surface area contributed by atoms with Crippen LogP contribution >= 0.6 is 0 Å². The second kappa shape index (κ2) is 8.83.